The molecule has 166 valence electrons. The molecule has 1 aromatic carbocycles. The van der Waals surface area contributed by atoms with Gasteiger partial charge in [-0.15, -0.1) is 24.0 Å². The lowest BCUT2D eigenvalue weighted by molar-refractivity contribution is 0.132. The molecule has 0 aliphatic carbocycles. The van der Waals surface area contributed by atoms with Crippen molar-refractivity contribution in [3.63, 3.8) is 0 Å². The van der Waals surface area contributed by atoms with Crippen molar-refractivity contribution in [3.8, 4) is 11.5 Å². The number of nitrogens with zero attached hydrogens (tertiary/aromatic N) is 2. The van der Waals surface area contributed by atoms with E-state index < -0.39 is 0 Å². The largest absolute Gasteiger partial charge is 0.488 e. The summed E-state index contributed by atoms with van der Waals surface area (Å²) in [4.78, 5) is 4.28. The minimum atomic E-state index is -0.178. The van der Waals surface area contributed by atoms with Crippen LogP contribution in [0.4, 0.5) is 0 Å². The second-order valence-corrected chi connectivity index (χ2v) is 7.72. The van der Waals surface area contributed by atoms with Crippen LogP contribution < -0.4 is 20.1 Å². The molecular weight excluding hydrogens is 495 g/mol. The number of hydrogen-bond acceptors (Lipinski definition) is 5. The predicted molar refractivity (Wildman–Crippen MR) is 129 cm³/mol. The van der Waals surface area contributed by atoms with Crippen LogP contribution in [0.2, 0.25) is 0 Å². The van der Waals surface area contributed by atoms with Crippen LogP contribution in [0, 0.1) is 0 Å². The topological polar surface area (TPSA) is 80.9 Å². The molecule has 1 aliphatic rings. The quantitative estimate of drug-likeness (QED) is 0.234. The molecule has 0 bridgehead atoms. The standard InChI is InChI=1S/C22H32N4O3.HI/c1-6-17-16(18(7-2)29-26-17)14-25-21(23-5)24-11-12-27-19-10-8-9-15-13-22(3,4)28-20(15)19;/h8-10H,6-7,11-14H2,1-5H3,(H2,23,24,25);1H. The fraction of sp³-hybridized carbons (Fsp3) is 0.545. The van der Waals surface area contributed by atoms with Crippen LogP contribution in [0.15, 0.2) is 27.7 Å². The Hall–Kier alpha value is -1.97. The highest BCUT2D eigenvalue weighted by atomic mass is 127. The van der Waals surface area contributed by atoms with E-state index in [1.54, 1.807) is 7.05 Å². The van der Waals surface area contributed by atoms with Crippen LogP contribution in [-0.2, 0) is 25.8 Å². The molecule has 0 saturated heterocycles. The maximum Gasteiger partial charge on any atom is 0.191 e. The first-order chi connectivity index (χ1) is 14.0. The molecule has 2 N–H and O–H groups in total. The summed E-state index contributed by atoms with van der Waals surface area (Å²) in [6, 6.07) is 6.07. The molecule has 3 rings (SSSR count). The third kappa shape index (κ3) is 5.80. The van der Waals surface area contributed by atoms with Crippen LogP contribution >= 0.6 is 24.0 Å². The summed E-state index contributed by atoms with van der Waals surface area (Å²) >= 11 is 0. The minimum Gasteiger partial charge on any atom is -0.488 e. The summed E-state index contributed by atoms with van der Waals surface area (Å²) in [6.07, 6.45) is 2.57. The highest BCUT2D eigenvalue weighted by Crippen LogP contribution is 2.41. The number of benzene rings is 1. The summed E-state index contributed by atoms with van der Waals surface area (Å²) < 4.78 is 17.4. The molecule has 0 amide bonds. The number of fused-ring (bicyclic) bond motifs is 1. The Balaban J connectivity index is 0.00000320. The third-order valence-corrected chi connectivity index (χ3v) is 4.97. The molecule has 30 heavy (non-hydrogen) atoms. The lowest BCUT2D eigenvalue weighted by Gasteiger charge is -2.18. The SMILES string of the molecule is CCc1noc(CC)c1CNC(=NC)NCCOc1cccc2c1OC(C)(C)C2.I. The number of rotatable bonds is 8. The molecule has 8 heteroatoms. The van der Waals surface area contributed by atoms with Crippen molar-refractivity contribution in [2.45, 2.75) is 59.1 Å². The Morgan fingerprint density at radius 3 is 2.73 bits per heavy atom. The number of para-hydroxylation sites is 1. The lowest BCUT2D eigenvalue weighted by Crippen LogP contribution is -2.39. The molecule has 7 nitrogen and oxygen atoms in total. The smallest absolute Gasteiger partial charge is 0.191 e. The Morgan fingerprint density at radius 2 is 2.03 bits per heavy atom. The van der Waals surface area contributed by atoms with Gasteiger partial charge in [-0.2, -0.15) is 0 Å². The van der Waals surface area contributed by atoms with E-state index >= 15 is 0 Å². The van der Waals surface area contributed by atoms with Gasteiger partial charge in [-0.3, -0.25) is 4.99 Å². The van der Waals surface area contributed by atoms with E-state index in [1.807, 2.05) is 12.1 Å². The van der Waals surface area contributed by atoms with Crippen LogP contribution in [0.3, 0.4) is 0 Å². The zero-order valence-corrected chi connectivity index (χ0v) is 20.8. The van der Waals surface area contributed by atoms with Crippen molar-refractivity contribution in [2.75, 3.05) is 20.2 Å². The normalized spacial score (nSPS) is 14.5. The van der Waals surface area contributed by atoms with Crippen molar-refractivity contribution >= 4 is 29.9 Å². The van der Waals surface area contributed by atoms with Crippen LogP contribution in [0.25, 0.3) is 0 Å². The van der Waals surface area contributed by atoms with E-state index in [4.69, 9.17) is 14.0 Å². The van der Waals surface area contributed by atoms with Crippen molar-refractivity contribution in [1.82, 2.24) is 15.8 Å². The number of aliphatic imine (C=N–C) groups is 1. The number of ether oxygens (including phenoxy) is 2. The van der Waals surface area contributed by atoms with Crippen molar-refractivity contribution < 1.29 is 14.0 Å². The first-order valence-electron chi connectivity index (χ1n) is 10.3. The molecule has 0 unspecified atom stereocenters. The van der Waals surface area contributed by atoms with E-state index in [1.165, 1.54) is 5.56 Å². The number of hydrogen-bond donors (Lipinski definition) is 2. The zero-order valence-electron chi connectivity index (χ0n) is 18.5. The Bertz CT molecular complexity index is 843. The van der Waals surface area contributed by atoms with E-state index in [-0.39, 0.29) is 29.6 Å². The van der Waals surface area contributed by atoms with Gasteiger partial charge in [0.2, 0.25) is 0 Å². The van der Waals surface area contributed by atoms with Gasteiger partial charge in [0.15, 0.2) is 17.5 Å². The number of aryl methyl sites for hydroxylation is 2. The Morgan fingerprint density at radius 1 is 1.23 bits per heavy atom. The number of nitrogens with one attached hydrogen (secondary N) is 2. The maximum absolute atomic E-state index is 6.05. The lowest BCUT2D eigenvalue weighted by atomic mass is 10.0. The highest BCUT2D eigenvalue weighted by Gasteiger charge is 2.32. The van der Waals surface area contributed by atoms with E-state index in [0.717, 1.165) is 53.7 Å². The molecule has 1 aliphatic heterocycles. The van der Waals surface area contributed by atoms with E-state index in [0.29, 0.717) is 19.7 Å². The van der Waals surface area contributed by atoms with Gasteiger partial charge in [-0.05, 0) is 26.3 Å². The second-order valence-electron chi connectivity index (χ2n) is 7.72. The molecule has 0 fully saturated rings. The minimum absolute atomic E-state index is 0. The number of halogens is 1. The van der Waals surface area contributed by atoms with Gasteiger partial charge in [0.25, 0.3) is 0 Å². The first-order valence-corrected chi connectivity index (χ1v) is 10.3. The summed E-state index contributed by atoms with van der Waals surface area (Å²) in [5, 5.41) is 10.8. The average molecular weight is 528 g/mol. The molecule has 0 atom stereocenters. The molecular formula is C22H33IN4O3. The van der Waals surface area contributed by atoms with Gasteiger partial charge in [-0.1, -0.05) is 31.1 Å². The summed E-state index contributed by atoms with van der Waals surface area (Å²) in [5.74, 6) is 3.30. The molecule has 2 heterocycles. The summed E-state index contributed by atoms with van der Waals surface area (Å²) in [7, 11) is 1.76. The molecule has 0 spiro atoms. The van der Waals surface area contributed by atoms with Crippen LogP contribution in [-0.4, -0.2) is 36.9 Å². The van der Waals surface area contributed by atoms with E-state index in [2.05, 4.69) is 54.5 Å². The fourth-order valence-electron chi connectivity index (χ4n) is 3.56. The fourth-order valence-corrected chi connectivity index (χ4v) is 3.56. The van der Waals surface area contributed by atoms with Crippen molar-refractivity contribution in [1.29, 1.82) is 0 Å². The summed E-state index contributed by atoms with van der Waals surface area (Å²) in [6.45, 7) is 10.1. The van der Waals surface area contributed by atoms with Crippen LogP contribution in [0.1, 0.15) is 50.3 Å². The average Bonchev–Trinajstić information content (AvgIpc) is 3.25. The predicted octanol–water partition coefficient (Wildman–Crippen LogP) is 3.87. The second kappa shape index (κ2) is 10.9. The Kier molecular flexibility index (Phi) is 8.81. The molecule has 1 aromatic heterocycles. The van der Waals surface area contributed by atoms with Crippen LogP contribution in [0.5, 0.6) is 11.5 Å². The van der Waals surface area contributed by atoms with Gasteiger partial charge in [0.1, 0.15) is 18.0 Å². The Labute approximate surface area is 196 Å². The molecule has 2 aromatic rings. The van der Waals surface area contributed by atoms with E-state index in [9.17, 15) is 0 Å². The van der Waals surface area contributed by atoms with Gasteiger partial charge in [0.05, 0.1) is 12.2 Å². The highest BCUT2D eigenvalue weighted by molar-refractivity contribution is 14.0. The third-order valence-electron chi connectivity index (χ3n) is 4.97. The molecule has 0 saturated carbocycles. The maximum atomic E-state index is 6.05. The number of guanidine groups is 1. The number of aromatic nitrogens is 1. The van der Waals surface area contributed by atoms with Crippen molar-refractivity contribution in [2.24, 2.45) is 4.99 Å². The first kappa shape index (κ1) is 24.3. The van der Waals surface area contributed by atoms with Gasteiger partial charge in [0, 0.05) is 37.6 Å². The molecule has 0 radical (unpaired) electrons. The monoisotopic (exact) mass is 528 g/mol. The van der Waals surface area contributed by atoms with Crippen molar-refractivity contribution in [3.05, 3.63) is 40.8 Å². The van der Waals surface area contributed by atoms with Gasteiger partial charge in [-0.25, -0.2) is 0 Å². The van der Waals surface area contributed by atoms with Gasteiger partial charge < -0.3 is 24.6 Å². The zero-order chi connectivity index (χ0) is 20.9. The van der Waals surface area contributed by atoms with Gasteiger partial charge >= 0.3 is 0 Å². The summed E-state index contributed by atoms with van der Waals surface area (Å²) in [5.41, 5.74) is 3.13.